The van der Waals surface area contributed by atoms with Crippen LogP contribution in [0.5, 0.6) is 5.75 Å². The number of rotatable bonds is 4. The lowest BCUT2D eigenvalue weighted by Crippen LogP contribution is -2.42. The summed E-state index contributed by atoms with van der Waals surface area (Å²) in [4.78, 5) is 13.7. The first kappa shape index (κ1) is 13.5. The van der Waals surface area contributed by atoms with Gasteiger partial charge < -0.3 is 15.7 Å². The van der Waals surface area contributed by atoms with Crippen LogP contribution in [0, 0.1) is 5.41 Å². The van der Waals surface area contributed by atoms with E-state index in [0.29, 0.717) is 13.1 Å². The molecule has 3 N–H and O–H groups in total. The number of amides is 1. The molecule has 0 aliphatic carbocycles. The van der Waals surface area contributed by atoms with Crippen LogP contribution in [-0.2, 0) is 11.3 Å². The van der Waals surface area contributed by atoms with Crippen molar-refractivity contribution in [2.75, 3.05) is 13.6 Å². The smallest absolute Gasteiger partial charge is 0.229 e. The molecule has 0 saturated heterocycles. The van der Waals surface area contributed by atoms with Gasteiger partial charge in [-0.15, -0.1) is 0 Å². The molecule has 0 spiro atoms. The summed E-state index contributed by atoms with van der Waals surface area (Å²) in [6.07, 6.45) is 0. The molecule has 4 heteroatoms. The molecular formula is C13H20N2O2. The second kappa shape index (κ2) is 5.19. The highest BCUT2D eigenvalue weighted by Crippen LogP contribution is 2.18. The van der Waals surface area contributed by atoms with Gasteiger partial charge >= 0.3 is 0 Å². The fourth-order valence-electron chi connectivity index (χ4n) is 1.55. The molecule has 0 saturated carbocycles. The first-order chi connectivity index (χ1) is 7.86. The number of hydrogen-bond donors (Lipinski definition) is 2. The van der Waals surface area contributed by atoms with E-state index in [-0.39, 0.29) is 11.7 Å². The van der Waals surface area contributed by atoms with E-state index >= 15 is 0 Å². The Morgan fingerprint density at radius 3 is 2.35 bits per heavy atom. The van der Waals surface area contributed by atoms with Crippen LogP contribution in [0.2, 0.25) is 0 Å². The largest absolute Gasteiger partial charge is 0.508 e. The van der Waals surface area contributed by atoms with Crippen molar-refractivity contribution >= 4 is 5.91 Å². The monoisotopic (exact) mass is 236 g/mol. The number of nitrogens with zero attached hydrogens (tertiary/aromatic N) is 1. The van der Waals surface area contributed by atoms with Crippen molar-refractivity contribution in [1.82, 2.24) is 4.90 Å². The summed E-state index contributed by atoms with van der Waals surface area (Å²) in [6, 6.07) is 6.83. The standard InChI is InChI=1S/C13H20N2O2/c1-13(2,9-14)12(17)15(3)8-10-4-6-11(16)7-5-10/h4-7,16H,8-9,14H2,1-3H3. The molecule has 0 aliphatic rings. The second-order valence-electron chi connectivity index (χ2n) is 4.92. The van der Waals surface area contributed by atoms with Crippen molar-refractivity contribution in [3.05, 3.63) is 29.8 Å². The van der Waals surface area contributed by atoms with E-state index < -0.39 is 5.41 Å². The molecule has 0 heterocycles. The van der Waals surface area contributed by atoms with E-state index in [1.807, 2.05) is 13.8 Å². The van der Waals surface area contributed by atoms with Crippen molar-refractivity contribution in [1.29, 1.82) is 0 Å². The fourth-order valence-corrected chi connectivity index (χ4v) is 1.55. The summed E-state index contributed by atoms with van der Waals surface area (Å²) in [5, 5.41) is 9.17. The van der Waals surface area contributed by atoms with Crippen LogP contribution in [0.3, 0.4) is 0 Å². The zero-order valence-electron chi connectivity index (χ0n) is 10.6. The molecule has 0 atom stereocenters. The first-order valence-electron chi connectivity index (χ1n) is 5.60. The highest BCUT2D eigenvalue weighted by molar-refractivity contribution is 5.81. The summed E-state index contributed by atoms with van der Waals surface area (Å²) in [5.74, 6) is 0.248. The van der Waals surface area contributed by atoms with Gasteiger partial charge in [-0.25, -0.2) is 0 Å². The van der Waals surface area contributed by atoms with Crippen LogP contribution in [0.4, 0.5) is 0 Å². The molecule has 1 aromatic rings. The van der Waals surface area contributed by atoms with Crippen molar-refractivity contribution in [3.63, 3.8) is 0 Å². The van der Waals surface area contributed by atoms with Crippen LogP contribution in [0.1, 0.15) is 19.4 Å². The van der Waals surface area contributed by atoms with Crippen molar-refractivity contribution in [2.45, 2.75) is 20.4 Å². The molecule has 0 bridgehead atoms. The number of phenolic OH excluding ortho intramolecular Hbond substituents is 1. The SMILES string of the molecule is CN(Cc1ccc(O)cc1)C(=O)C(C)(C)CN. The molecule has 4 nitrogen and oxygen atoms in total. The minimum absolute atomic E-state index is 0.0214. The Bertz CT molecular complexity index is 385. The fraction of sp³-hybridized carbons (Fsp3) is 0.462. The molecule has 0 unspecified atom stereocenters. The summed E-state index contributed by atoms with van der Waals surface area (Å²) < 4.78 is 0. The molecule has 0 fully saturated rings. The van der Waals surface area contributed by atoms with Crippen LogP contribution in [0.15, 0.2) is 24.3 Å². The Labute approximate surface area is 102 Å². The van der Waals surface area contributed by atoms with E-state index in [1.54, 1.807) is 36.2 Å². The van der Waals surface area contributed by atoms with Crippen molar-refractivity contribution in [2.24, 2.45) is 11.1 Å². The van der Waals surface area contributed by atoms with Crippen LogP contribution in [0.25, 0.3) is 0 Å². The van der Waals surface area contributed by atoms with Gasteiger partial charge in [-0.05, 0) is 31.5 Å². The molecule has 0 aromatic heterocycles. The van der Waals surface area contributed by atoms with Gasteiger partial charge in [0.05, 0.1) is 5.41 Å². The Balaban J connectivity index is 2.69. The predicted octanol–water partition coefficient (Wildman–Crippen LogP) is 1.34. The van der Waals surface area contributed by atoms with Crippen LogP contribution in [-0.4, -0.2) is 29.5 Å². The maximum absolute atomic E-state index is 12.1. The number of nitrogens with two attached hydrogens (primary N) is 1. The Kier molecular flexibility index (Phi) is 4.12. The predicted molar refractivity (Wildman–Crippen MR) is 67.4 cm³/mol. The van der Waals surface area contributed by atoms with Gasteiger partial charge in [0.15, 0.2) is 0 Å². The second-order valence-corrected chi connectivity index (χ2v) is 4.92. The average Bonchev–Trinajstić information content (AvgIpc) is 2.31. The third-order valence-electron chi connectivity index (χ3n) is 2.79. The molecule has 1 amide bonds. The number of carbonyl (C=O) groups excluding carboxylic acids is 1. The summed E-state index contributed by atoms with van der Waals surface area (Å²) >= 11 is 0. The zero-order valence-corrected chi connectivity index (χ0v) is 10.6. The van der Waals surface area contributed by atoms with Gasteiger partial charge in [-0.1, -0.05) is 12.1 Å². The lowest BCUT2D eigenvalue weighted by Gasteiger charge is -2.28. The third kappa shape index (κ3) is 3.46. The molecule has 0 radical (unpaired) electrons. The van der Waals surface area contributed by atoms with E-state index in [0.717, 1.165) is 5.56 Å². The van der Waals surface area contributed by atoms with E-state index in [9.17, 15) is 9.90 Å². The van der Waals surface area contributed by atoms with E-state index in [2.05, 4.69) is 0 Å². The van der Waals surface area contributed by atoms with E-state index in [4.69, 9.17) is 5.73 Å². The van der Waals surface area contributed by atoms with Crippen molar-refractivity contribution < 1.29 is 9.90 Å². The maximum Gasteiger partial charge on any atom is 0.229 e. The van der Waals surface area contributed by atoms with Gasteiger partial charge in [-0.2, -0.15) is 0 Å². The number of phenols is 1. The number of carbonyl (C=O) groups is 1. The quantitative estimate of drug-likeness (QED) is 0.829. The van der Waals surface area contributed by atoms with Gasteiger partial charge in [0, 0.05) is 20.1 Å². The van der Waals surface area contributed by atoms with Gasteiger partial charge in [0.2, 0.25) is 5.91 Å². The van der Waals surface area contributed by atoms with E-state index in [1.165, 1.54) is 0 Å². The Morgan fingerprint density at radius 1 is 1.35 bits per heavy atom. The highest BCUT2D eigenvalue weighted by Gasteiger charge is 2.28. The first-order valence-corrected chi connectivity index (χ1v) is 5.60. The Hall–Kier alpha value is -1.55. The summed E-state index contributed by atoms with van der Waals surface area (Å²) in [6.45, 7) is 4.51. The van der Waals surface area contributed by atoms with Crippen LogP contribution < -0.4 is 5.73 Å². The van der Waals surface area contributed by atoms with Gasteiger partial charge in [0.1, 0.15) is 5.75 Å². The zero-order chi connectivity index (χ0) is 13.1. The lowest BCUT2D eigenvalue weighted by molar-refractivity contribution is -0.139. The molecule has 0 aliphatic heterocycles. The minimum atomic E-state index is -0.536. The van der Waals surface area contributed by atoms with Gasteiger partial charge in [-0.3, -0.25) is 4.79 Å². The van der Waals surface area contributed by atoms with Crippen molar-refractivity contribution in [3.8, 4) is 5.75 Å². The normalized spacial score (nSPS) is 11.3. The maximum atomic E-state index is 12.1. The molecule has 94 valence electrons. The molecular weight excluding hydrogens is 216 g/mol. The van der Waals surface area contributed by atoms with Gasteiger partial charge in [0.25, 0.3) is 0 Å². The average molecular weight is 236 g/mol. The Morgan fingerprint density at radius 2 is 1.88 bits per heavy atom. The molecule has 1 aromatic carbocycles. The number of hydrogen-bond acceptors (Lipinski definition) is 3. The minimum Gasteiger partial charge on any atom is -0.508 e. The number of benzene rings is 1. The topological polar surface area (TPSA) is 66.6 Å². The summed E-state index contributed by atoms with van der Waals surface area (Å²) in [5.41, 5.74) is 6.02. The van der Waals surface area contributed by atoms with Crippen LogP contribution >= 0.6 is 0 Å². The highest BCUT2D eigenvalue weighted by atomic mass is 16.3. The summed E-state index contributed by atoms with van der Waals surface area (Å²) in [7, 11) is 1.76. The lowest BCUT2D eigenvalue weighted by atomic mass is 9.92. The molecule has 17 heavy (non-hydrogen) atoms. The molecule has 1 rings (SSSR count). The third-order valence-corrected chi connectivity index (χ3v) is 2.79. The number of aromatic hydroxyl groups is 1.